The minimum atomic E-state index is -0.440. The minimum Gasteiger partial charge on any atom is -0.454 e. The Balaban J connectivity index is 1.53. The van der Waals surface area contributed by atoms with E-state index in [9.17, 15) is 14.9 Å². The molecule has 0 spiro atoms. The molecule has 6 rings (SSSR count). The summed E-state index contributed by atoms with van der Waals surface area (Å²) in [6.45, 7) is 3.87. The summed E-state index contributed by atoms with van der Waals surface area (Å²) < 4.78 is 16.0. The highest BCUT2D eigenvalue weighted by Crippen LogP contribution is 2.33. The third-order valence-corrected chi connectivity index (χ3v) is 7.65. The third kappa shape index (κ3) is 4.74. The van der Waals surface area contributed by atoms with Crippen molar-refractivity contribution < 1.29 is 14.4 Å². The predicted octanol–water partition coefficient (Wildman–Crippen LogP) is 5.16. The molecule has 0 atom stereocenters. The molecule has 5 aromatic rings. The molecule has 0 saturated heterocycles. The van der Waals surface area contributed by atoms with Crippen molar-refractivity contribution in [2.75, 3.05) is 6.79 Å². The molecule has 41 heavy (non-hydrogen) atoms. The number of para-hydroxylation sites is 1. The zero-order chi connectivity index (χ0) is 28.7. The maximum atomic E-state index is 13.6. The number of hydrogen-bond acceptors (Lipinski definition) is 8. The van der Waals surface area contributed by atoms with Crippen molar-refractivity contribution in [2.24, 2.45) is 17.1 Å². The van der Waals surface area contributed by atoms with Gasteiger partial charge >= 0.3 is 0 Å². The van der Waals surface area contributed by atoms with Gasteiger partial charge in [0.15, 0.2) is 17.2 Å². The number of hydrogen-bond donors (Lipinski definition) is 0. The molecule has 12 heteroatoms. The summed E-state index contributed by atoms with van der Waals surface area (Å²) in [6.07, 6.45) is 0. The van der Waals surface area contributed by atoms with Crippen LogP contribution in [-0.2, 0) is 7.05 Å². The SMILES string of the molecule is C/C(=N/n1c(-c2ccc([N+](=O)[O-])cc2)csc1=Nc1c(C)n(C)n(-c2ccccc2)c1=O)c1ccc2c(c1)OCO2. The number of rotatable bonds is 6. The van der Waals surface area contributed by atoms with Crippen LogP contribution in [0.1, 0.15) is 18.2 Å². The number of fused-ring (bicyclic) bond motifs is 1. The number of nitro groups is 1. The summed E-state index contributed by atoms with van der Waals surface area (Å²) >= 11 is 1.32. The molecule has 0 bridgehead atoms. The van der Waals surface area contributed by atoms with Crippen LogP contribution in [0.5, 0.6) is 11.5 Å². The number of nitro benzene ring substituents is 1. The lowest BCUT2D eigenvalue weighted by atomic mass is 10.1. The Kier molecular flexibility index (Phi) is 6.59. The van der Waals surface area contributed by atoms with E-state index in [2.05, 4.69) is 0 Å². The number of benzene rings is 3. The summed E-state index contributed by atoms with van der Waals surface area (Å²) in [7, 11) is 1.81. The maximum Gasteiger partial charge on any atom is 0.297 e. The molecule has 2 aromatic heterocycles. The first-order valence-corrected chi connectivity index (χ1v) is 13.5. The molecule has 1 aliphatic heterocycles. The van der Waals surface area contributed by atoms with Crippen molar-refractivity contribution in [3.05, 3.63) is 115 Å². The van der Waals surface area contributed by atoms with Crippen molar-refractivity contribution >= 4 is 28.4 Å². The Morgan fingerprint density at radius 1 is 1.02 bits per heavy atom. The topological polar surface area (TPSA) is 118 Å². The summed E-state index contributed by atoms with van der Waals surface area (Å²) in [4.78, 5) is 29.6. The van der Waals surface area contributed by atoms with E-state index in [0.29, 0.717) is 39.0 Å². The van der Waals surface area contributed by atoms with Gasteiger partial charge in [0.25, 0.3) is 11.2 Å². The Bertz CT molecular complexity index is 1950. The van der Waals surface area contributed by atoms with E-state index in [1.165, 1.54) is 23.5 Å². The lowest BCUT2D eigenvalue weighted by Crippen LogP contribution is -2.20. The highest BCUT2D eigenvalue weighted by atomic mass is 32.1. The zero-order valence-corrected chi connectivity index (χ0v) is 23.2. The summed E-state index contributed by atoms with van der Waals surface area (Å²) in [5.74, 6) is 1.30. The molecule has 11 nitrogen and oxygen atoms in total. The van der Waals surface area contributed by atoms with Crippen LogP contribution in [0, 0.1) is 17.0 Å². The Hall–Kier alpha value is -5.23. The quantitative estimate of drug-likeness (QED) is 0.159. The molecule has 3 heterocycles. The summed E-state index contributed by atoms with van der Waals surface area (Å²) in [6, 6.07) is 21.2. The molecular weight excluding hydrogens is 544 g/mol. The van der Waals surface area contributed by atoms with Crippen LogP contribution < -0.4 is 19.8 Å². The van der Waals surface area contributed by atoms with E-state index < -0.39 is 4.92 Å². The zero-order valence-electron chi connectivity index (χ0n) is 22.3. The van der Waals surface area contributed by atoms with Crippen molar-refractivity contribution in [3.8, 4) is 28.4 Å². The van der Waals surface area contributed by atoms with Crippen LogP contribution in [-0.4, -0.2) is 31.5 Å². The molecule has 0 radical (unpaired) electrons. The first-order chi connectivity index (χ1) is 19.8. The Morgan fingerprint density at radius 2 is 1.76 bits per heavy atom. The normalized spacial score (nSPS) is 13.1. The second-order valence-electron chi connectivity index (χ2n) is 9.29. The van der Waals surface area contributed by atoms with Crippen LogP contribution in [0.3, 0.4) is 0 Å². The van der Waals surface area contributed by atoms with Gasteiger partial charge < -0.3 is 9.47 Å². The van der Waals surface area contributed by atoms with Gasteiger partial charge in [-0.05, 0) is 56.3 Å². The van der Waals surface area contributed by atoms with Gasteiger partial charge in [-0.1, -0.05) is 18.2 Å². The summed E-state index contributed by atoms with van der Waals surface area (Å²) in [5.41, 5.74) is 4.29. The van der Waals surface area contributed by atoms with Crippen molar-refractivity contribution in [2.45, 2.75) is 13.8 Å². The Morgan fingerprint density at radius 3 is 2.49 bits per heavy atom. The molecular formula is C29H24N6O5S. The predicted molar refractivity (Wildman–Crippen MR) is 156 cm³/mol. The lowest BCUT2D eigenvalue weighted by Gasteiger charge is -2.07. The monoisotopic (exact) mass is 568 g/mol. The van der Waals surface area contributed by atoms with Gasteiger partial charge in [0.2, 0.25) is 11.6 Å². The van der Waals surface area contributed by atoms with Gasteiger partial charge in [0.05, 0.1) is 27.7 Å². The average molecular weight is 569 g/mol. The van der Waals surface area contributed by atoms with E-state index in [-0.39, 0.29) is 23.7 Å². The molecule has 0 N–H and O–H groups in total. The smallest absolute Gasteiger partial charge is 0.297 e. The van der Waals surface area contributed by atoms with E-state index in [1.807, 2.05) is 74.8 Å². The number of nitrogens with zero attached hydrogens (tertiary/aromatic N) is 6. The fraction of sp³-hybridized carbons (Fsp3) is 0.138. The highest BCUT2D eigenvalue weighted by molar-refractivity contribution is 7.07. The van der Waals surface area contributed by atoms with Crippen LogP contribution >= 0.6 is 11.3 Å². The molecule has 0 aliphatic carbocycles. The first kappa shape index (κ1) is 26.0. The van der Waals surface area contributed by atoms with Crippen LogP contribution in [0.15, 0.2) is 93.1 Å². The molecule has 0 unspecified atom stereocenters. The number of non-ortho nitro benzene ring substituents is 1. The molecule has 1 aliphatic rings. The van der Waals surface area contributed by atoms with E-state index in [4.69, 9.17) is 19.6 Å². The van der Waals surface area contributed by atoms with Crippen LogP contribution in [0.25, 0.3) is 16.9 Å². The average Bonchev–Trinajstić information content (AvgIpc) is 3.67. The van der Waals surface area contributed by atoms with Gasteiger partial charge in [-0.25, -0.2) is 14.4 Å². The van der Waals surface area contributed by atoms with Gasteiger partial charge in [0, 0.05) is 35.7 Å². The number of ether oxygens (including phenoxy) is 2. The first-order valence-electron chi connectivity index (χ1n) is 12.6. The fourth-order valence-electron chi connectivity index (χ4n) is 4.53. The summed E-state index contributed by atoms with van der Waals surface area (Å²) in [5, 5.41) is 18.0. The van der Waals surface area contributed by atoms with Gasteiger partial charge in [-0.2, -0.15) is 5.10 Å². The number of thiazole rings is 1. The molecule has 206 valence electrons. The van der Waals surface area contributed by atoms with Crippen LogP contribution in [0.4, 0.5) is 11.4 Å². The van der Waals surface area contributed by atoms with E-state index in [0.717, 1.165) is 11.3 Å². The maximum absolute atomic E-state index is 13.6. The second kappa shape index (κ2) is 10.4. The minimum absolute atomic E-state index is 0.0122. The van der Waals surface area contributed by atoms with Gasteiger partial charge in [-0.3, -0.25) is 19.6 Å². The second-order valence-corrected chi connectivity index (χ2v) is 10.1. The molecule has 3 aromatic carbocycles. The fourth-order valence-corrected chi connectivity index (χ4v) is 5.37. The van der Waals surface area contributed by atoms with Crippen LogP contribution in [0.2, 0.25) is 0 Å². The molecule has 0 amide bonds. The Labute approximate surface area is 237 Å². The molecule has 0 fully saturated rings. The number of aromatic nitrogens is 3. The van der Waals surface area contributed by atoms with E-state index in [1.54, 1.807) is 26.2 Å². The van der Waals surface area contributed by atoms with Crippen molar-refractivity contribution in [1.29, 1.82) is 0 Å². The van der Waals surface area contributed by atoms with E-state index >= 15 is 0 Å². The van der Waals surface area contributed by atoms with Gasteiger partial charge in [0.1, 0.15) is 0 Å². The molecule has 0 saturated carbocycles. The van der Waals surface area contributed by atoms with Crippen molar-refractivity contribution in [1.82, 2.24) is 14.0 Å². The largest absolute Gasteiger partial charge is 0.454 e. The standard InChI is InChI=1S/C29H24N6O5S/c1-18(21-11-14-25-26(15-21)40-17-39-25)31-33-24(20-9-12-23(13-10-20)35(37)38)16-41-29(33)30-27-19(2)32(3)34(28(27)36)22-7-5-4-6-8-22/h4-16H,17H2,1-3H3/b30-29?,31-18-. The highest BCUT2D eigenvalue weighted by Gasteiger charge is 2.18. The lowest BCUT2D eigenvalue weighted by molar-refractivity contribution is -0.384. The van der Waals surface area contributed by atoms with Gasteiger partial charge in [-0.15, -0.1) is 11.3 Å². The third-order valence-electron chi connectivity index (χ3n) is 6.83. The van der Waals surface area contributed by atoms with Crippen molar-refractivity contribution in [3.63, 3.8) is 0 Å².